The van der Waals surface area contributed by atoms with Crippen LogP contribution < -0.4 is 4.74 Å². The van der Waals surface area contributed by atoms with Gasteiger partial charge in [0.1, 0.15) is 11.5 Å². The zero-order valence-electron chi connectivity index (χ0n) is 21.7. The van der Waals surface area contributed by atoms with Gasteiger partial charge < -0.3 is 14.7 Å². The highest BCUT2D eigenvalue weighted by atomic mass is 16.5. The number of hydrogen-bond acceptors (Lipinski definition) is 5. The molecule has 3 aromatic rings. The van der Waals surface area contributed by atoms with E-state index in [0.717, 1.165) is 43.1 Å². The zero-order chi connectivity index (χ0) is 25.0. The van der Waals surface area contributed by atoms with Crippen molar-refractivity contribution in [3.05, 3.63) is 89.7 Å². The number of para-hydroxylation sites is 2. The normalized spacial score (nSPS) is 14.8. The first kappa shape index (κ1) is 26.2. The molecular weight excluding hydrogens is 446 g/mol. The van der Waals surface area contributed by atoms with Crippen LogP contribution in [0.15, 0.2) is 72.9 Å². The topological polar surface area (TPSA) is 48.8 Å². The first-order valence-electron chi connectivity index (χ1n) is 13.5. The van der Waals surface area contributed by atoms with Gasteiger partial charge in [-0.2, -0.15) is 0 Å². The minimum Gasteiger partial charge on any atom is -0.508 e. The summed E-state index contributed by atoms with van der Waals surface area (Å²) in [6, 6.07) is 22.2. The van der Waals surface area contributed by atoms with Crippen LogP contribution in [-0.2, 0) is 13.1 Å². The fourth-order valence-corrected chi connectivity index (χ4v) is 5.32. The SMILES string of the molecule is COc1ccccc1C1CCN(CCCCCCN(Cc2ccccn2)Cc2ccccc2O)CC1. The van der Waals surface area contributed by atoms with Crippen LogP contribution in [0.2, 0.25) is 0 Å². The van der Waals surface area contributed by atoms with E-state index < -0.39 is 0 Å². The summed E-state index contributed by atoms with van der Waals surface area (Å²) in [7, 11) is 1.78. The average molecular weight is 488 g/mol. The summed E-state index contributed by atoms with van der Waals surface area (Å²) in [5, 5.41) is 10.2. The van der Waals surface area contributed by atoms with Gasteiger partial charge >= 0.3 is 0 Å². The van der Waals surface area contributed by atoms with Crippen molar-refractivity contribution in [1.29, 1.82) is 0 Å². The molecule has 0 spiro atoms. The second-order valence-corrected chi connectivity index (χ2v) is 9.93. The fraction of sp³-hybridized carbons (Fsp3) is 0.452. The molecule has 0 unspecified atom stereocenters. The van der Waals surface area contributed by atoms with Crippen molar-refractivity contribution in [3.8, 4) is 11.5 Å². The highest BCUT2D eigenvalue weighted by Crippen LogP contribution is 2.34. The van der Waals surface area contributed by atoms with E-state index in [4.69, 9.17) is 4.74 Å². The third-order valence-electron chi connectivity index (χ3n) is 7.36. The lowest BCUT2D eigenvalue weighted by Crippen LogP contribution is -2.33. The Balaban J connectivity index is 1.16. The zero-order valence-corrected chi connectivity index (χ0v) is 21.7. The summed E-state index contributed by atoms with van der Waals surface area (Å²) in [5.41, 5.74) is 3.42. The summed E-state index contributed by atoms with van der Waals surface area (Å²) >= 11 is 0. The number of nitrogens with zero attached hydrogens (tertiary/aromatic N) is 3. The summed E-state index contributed by atoms with van der Waals surface area (Å²) in [6.45, 7) is 6.12. The Kier molecular flexibility index (Phi) is 10.2. The molecule has 4 rings (SSSR count). The molecule has 5 heteroatoms. The van der Waals surface area contributed by atoms with E-state index in [1.807, 2.05) is 36.5 Å². The Morgan fingerprint density at radius 1 is 0.889 bits per heavy atom. The molecule has 2 aromatic carbocycles. The van der Waals surface area contributed by atoms with E-state index in [-0.39, 0.29) is 0 Å². The van der Waals surface area contributed by atoms with Gasteiger partial charge in [-0.3, -0.25) is 9.88 Å². The first-order chi connectivity index (χ1) is 17.7. The van der Waals surface area contributed by atoms with Crippen molar-refractivity contribution < 1.29 is 9.84 Å². The maximum absolute atomic E-state index is 10.2. The van der Waals surface area contributed by atoms with Gasteiger partial charge in [-0.25, -0.2) is 0 Å². The molecule has 0 radical (unpaired) electrons. The number of ether oxygens (including phenoxy) is 1. The van der Waals surface area contributed by atoms with Crippen LogP contribution in [-0.4, -0.2) is 53.2 Å². The fourth-order valence-electron chi connectivity index (χ4n) is 5.32. The highest BCUT2D eigenvalue weighted by molar-refractivity contribution is 5.36. The number of unbranched alkanes of at least 4 members (excludes halogenated alkanes) is 3. The maximum Gasteiger partial charge on any atom is 0.122 e. The molecule has 0 atom stereocenters. The number of methoxy groups -OCH3 is 1. The van der Waals surface area contributed by atoms with Gasteiger partial charge in [0.2, 0.25) is 0 Å². The first-order valence-corrected chi connectivity index (χ1v) is 13.5. The number of piperidine rings is 1. The van der Waals surface area contributed by atoms with Crippen LogP contribution in [0.4, 0.5) is 0 Å². The highest BCUT2D eigenvalue weighted by Gasteiger charge is 2.22. The van der Waals surface area contributed by atoms with Gasteiger partial charge in [0, 0.05) is 24.8 Å². The molecule has 0 bridgehead atoms. The summed E-state index contributed by atoms with van der Waals surface area (Å²) in [4.78, 5) is 9.55. The van der Waals surface area contributed by atoms with E-state index in [0.29, 0.717) is 11.7 Å². The molecule has 36 heavy (non-hydrogen) atoms. The van der Waals surface area contributed by atoms with E-state index in [1.165, 1.54) is 57.3 Å². The van der Waals surface area contributed by atoms with Crippen molar-refractivity contribution in [2.45, 2.75) is 57.5 Å². The minimum absolute atomic E-state index is 0.373. The number of aromatic nitrogens is 1. The van der Waals surface area contributed by atoms with Gasteiger partial charge in [-0.05, 0) is 87.6 Å². The Morgan fingerprint density at radius 3 is 2.42 bits per heavy atom. The average Bonchev–Trinajstić information content (AvgIpc) is 2.92. The molecule has 0 saturated carbocycles. The number of phenols is 1. The van der Waals surface area contributed by atoms with E-state index >= 15 is 0 Å². The number of hydrogen-bond donors (Lipinski definition) is 1. The molecular formula is C31H41N3O2. The van der Waals surface area contributed by atoms with Crippen LogP contribution in [0.25, 0.3) is 0 Å². The number of aromatic hydroxyl groups is 1. The molecule has 192 valence electrons. The van der Waals surface area contributed by atoms with Crippen molar-refractivity contribution in [3.63, 3.8) is 0 Å². The van der Waals surface area contributed by atoms with Crippen LogP contribution in [0.5, 0.6) is 11.5 Å². The van der Waals surface area contributed by atoms with Gasteiger partial charge in [-0.15, -0.1) is 0 Å². The smallest absolute Gasteiger partial charge is 0.122 e. The van der Waals surface area contributed by atoms with Crippen LogP contribution in [0, 0.1) is 0 Å². The van der Waals surface area contributed by atoms with Gasteiger partial charge in [-0.1, -0.05) is 55.3 Å². The molecule has 1 N–H and O–H groups in total. The quantitative estimate of drug-likeness (QED) is 0.289. The van der Waals surface area contributed by atoms with Gasteiger partial charge in [0.15, 0.2) is 0 Å². The standard InChI is InChI=1S/C31H41N3O2/c1-36-31-16-7-5-14-29(31)26-17-22-33(23-18-26)20-10-2-3-11-21-34(25-28-13-8-9-19-32-28)24-27-12-4-6-15-30(27)35/h4-9,12-16,19,26,35H,2-3,10-11,17-18,20-25H2,1H3. The van der Waals surface area contributed by atoms with E-state index in [2.05, 4.69) is 45.1 Å². The lowest BCUT2D eigenvalue weighted by molar-refractivity contribution is 0.205. The Morgan fingerprint density at radius 2 is 1.64 bits per heavy atom. The minimum atomic E-state index is 0.373. The van der Waals surface area contributed by atoms with Crippen LogP contribution in [0.3, 0.4) is 0 Å². The number of phenolic OH excluding ortho intramolecular Hbond substituents is 1. The molecule has 1 aromatic heterocycles. The van der Waals surface area contributed by atoms with Crippen LogP contribution in [0.1, 0.15) is 61.3 Å². The summed E-state index contributed by atoms with van der Waals surface area (Å²) < 4.78 is 5.58. The molecule has 0 aliphatic carbocycles. The lowest BCUT2D eigenvalue weighted by Gasteiger charge is -2.32. The third-order valence-corrected chi connectivity index (χ3v) is 7.36. The van der Waals surface area contributed by atoms with Crippen molar-refractivity contribution in [1.82, 2.24) is 14.8 Å². The second-order valence-electron chi connectivity index (χ2n) is 9.93. The number of rotatable bonds is 13. The summed E-state index contributed by atoms with van der Waals surface area (Å²) in [5.74, 6) is 2.03. The van der Waals surface area contributed by atoms with E-state index in [1.54, 1.807) is 13.2 Å². The number of benzene rings is 2. The Labute approximate surface area is 216 Å². The van der Waals surface area contributed by atoms with Gasteiger partial charge in [0.05, 0.1) is 12.8 Å². The molecule has 0 amide bonds. The van der Waals surface area contributed by atoms with Crippen LogP contribution >= 0.6 is 0 Å². The predicted octanol–water partition coefficient (Wildman–Crippen LogP) is 6.24. The second kappa shape index (κ2) is 14.0. The predicted molar refractivity (Wildman–Crippen MR) is 146 cm³/mol. The van der Waals surface area contributed by atoms with Crippen molar-refractivity contribution in [2.75, 3.05) is 33.3 Å². The molecule has 1 aliphatic rings. The summed E-state index contributed by atoms with van der Waals surface area (Å²) in [6.07, 6.45) is 9.21. The molecule has 2 heterocycles. The van der Waals surface area contributed by atoms with Crippen molar-refractivity contribution in [2.24, 2.45) is 0 Å². The number of pyridine rings is 1. The molecule has 1 fully saturated rings. The molecule has 1 saturated heterocycles. The van der Waals surface area contributed by atoms with Gasteiger partial charge in [0.25, 0.3) is 0 Å². The van der Waals surface area contributed by atoms with Crippen molar-refractivity contribution >= 4 is 0 Å². The van der Waals surface area contributed by atoms with E-state index in [9.17, 15) is 5.11 Å². The molecule has 5 nitrogen and oxygen atoms in total. The monoisotopic (exact) mass is 487 g/mol. The largest absolute Gasteiger partial charge is 0.508 e. The number of likely N-dealkylation sites (tertiary alicyclic amines) is 1. The Hall–Kier alpha value is -2.89. The Bertz CT molecular complexity index is 1030. The lowest BCUT2D eigenvalue weighted by atomic mass is 9.88. The third kappa shape index (κ3) is 7.81. The maximum atomic E-state index is 10.2. The molecule has 1 aliphatic heterocycles.